The first-order valence-electron chi connectivity index (χ1n) is 7.93. The monoisotopic (exact) mass is 332 g/mol. The zero-order chi connectivity index (χ0) is 16.2. The predicted octanol–water partition coefficient (Wildman–Crippen LogP) is 3.20. The Balaban J connectivity index is 1.54. The Bertz CT molecular complexity index is 664. The minimum Gasteiger partial charge on any atom is -0.336 e. The fourth-order valence-electron chi connectivity index (χ4n) is 2.87. The van der Waals surface area contributed by atoms with Crippen LogP contribution in [0.2, 0.25) is 0 Å². The van der Waals surface area contributed by atoms with Crippen LogP contribution >= 0.6 is 11.3 Å². The predicted molar refractivity (Wildman–Crippen MR) is 91.5 cm³/mol. The first kappa shape index (κ1) is 16.1. The minimum atomic E-state index is -0.430. The maximum atomic E-state index is 13.9. The third-order valence-electron chi connectivity index (χ3n) is 4.27. The van der Waals surface area contributed by atoms with Gasteiger partial charge in [0.15, 0.2) is 0 Å². The van der Waals surface area contributed by atoms with Crippen molar-refractivity contribution in [3.05, 3.63) is 57.5 Å². The van der Waals surface area contributed by atoms with Crippen LogP contribution in [0.4, 0.5) is 4.39 Å². The molecule has 23 heavy (non-hydrogen) atoms. The summed E-state index contributed by atoms with van der Waals surface area (Å²) in [6, 6.07) is 8.94. The van der Waals surface area contributed by atoms with Crippen molar-refractivity contribution in [3.63, 3.8) is 0 Å². The Hall–Kier alpha value is -1.72. The van der Waals surface area contributed by atoms with Crippen LogP contribution in [0.15, 0.2) is 35.7 Å². The molecular formula is C18H21FN2OS. The van der Waals surface area contributed by atoms with Gasteiger partial charge >= 0.3 is 0 Å². The molecule has 5 heteroatoms. The Labute approximate surface area is 140 Å². The van der Waals surface area contributed by atoms with Gasteiger partial charge in [0, 0.05) is 37.6 Å². The summed E-state index contributed by atoms with van der Waals surface area (Å²) in [5, 5.41) is 2.10. The van der Waals surface area contributed by atoms with Crippen molar-refractivity contribution >= 4 is 17.2 Å². The van der Waals surface area contributed by atoms with Crippen LogP contribution in [0.5, 0.6) is 0 Å². The molecule has 1 amide bonds. The van der Waals surface area contributed by atoms with Crippen LogP contribution in [-0.2, 0) is 6.42 Å². The summed E-state index contributed by atoms with van der Waals surface area (Å²) in [7, 11) is 0. The Morgan fingerprint density at radius 3 is 2.70 bits per heavy atom. The SMILES string of the molecule is Cc1ccc(F)c(C(=O)N2CCN(CCc3cccs3)CC2)c1. The lowest BCUT2D eigenvalue weighted by atomic mass is 10.1. The molecule has 1 aromatic heterocycles. The molecule has 0 bridgehead atoms. The lowest BCUT2D eigenvalue weighted by Crippen LogP contribution is -2.49. The fourth-order valence-corrected chi connectivity index (χ4v) is 3.57. The second-order valence-corrected chi connectivity index (χ2v) is 6.98. The Morgan fingerprint density at radius 2 is 2.00 bits per heavy atom. The van der Waals surface area contributed by atoms with E-state index >= 15 is 0 Å². The van der Waals surface area contributed by atoms with E-state index in [4.69, 9.17) is 0 Å². The van der Waals surface area contributed by atoms with Crippen molar-refractivity contribution in [3.8, 4) is 0 Å². The molecule has 1 aromatic carbocycles. The number of aryl methyl sites for hydroxylation is 1. The van der Waals surface area contributed by atoms with Gasteiger partial charge in [-0.2, -0.15) is 0 Å². The van der Waals surface area contributed by atoms with Gasteiger partial charge in [0.2, 0.25) is 0 Å². The number of piperazine rings is 1. The number of benzene rings is 1. The molecule has 1 saturated heterocycles. The number of hydrogen-bond acceptors (Lipinski definition) is 3. The van der Waals surface area contributed by atoms with E-state index in [-0.39, 0.29) is 11.5 Å². The standard InChI is InChI=1S/C18H21FN2OS/c1-14-4-5-17(19)16(13-14)18(22)21-10-8-20(9-11-21)7-6-15-3-2-12-23-15/h2-5,12-13H,6-11H2,1H3. The number of nitrogens with zero attached hydrogens (tertiary/aromatic N) is 2. The summed E-state index contributed by atoms with van der Waals surface area (Å²) in [6.07, 6.45) is 1.05. The molecule has 0 unspecified atom stereocenters. The van der Waals surface area contributed by atoms with Gasteiger partial charge in [-0.05, 0) is 36.9 Å². The molecular weight excluding hydrogens is 311 g/mol. The lowest BCUT2D eigenvalue weighted by Gasteiger charge is -2.34. The molecule has 3 nitrogen and oxygen atoms in total. The van der Waals surface area contributed by atoms with E-state index in [0.29, 0.717) is 13.1 Å². The average molecular weight is 332 g/mol. The first-order chi connectivity index (χ1) is 11.1. The molecule has 2 heterocycles. The highest BCUT2D eigenvalue weighted by Gasteiger charge is 2.24. The van der Waals surface area contributed by atoms with Crippen LogP contribution in [0, 0.1) is 12.7 Å². The number of amides is 1. The van der Waals surface area contributed by atoms with Gasteiger partial charge < -0.3 is 4.90 Å². The molecule has 1 aliphatic rings. The minimum absolute atomic E-state index is 0.191. The van der Waals surface area contributed by atoms with Gasteiger partial charge in [0.1, 0.15) is 5.82 Å². The summed E-state index contributed by atoms with van der Waals surface area (Å²) in [5.74, 6) is -0.621. The van der Waals surface area contributed by atoms with Crippen LogP contribution in [0.1, 0.15) is 20.8 Å². The molecule has 3 rings (SSSR count). The number of carbonyl (C=O) groups excluding carboxylic acids is 1. The molecule has 122 valence electrons. The van der Waals surface area contributed by atoms with E-state index < -0.39 is 5.82 Å². The summed E-state index contributed by atoms with van der Waals surface area (Å²) < 4.78 is 13.9. The van der Waals surface area contributed by atoms with Gasteiger partial charge in [0.25, 0.3) is 5.91 Å². The molecule has 0 spiro atoms. The summed E-state index contributed by atoms with van der Waals surface area (Å²) >= 11 is 1.78. The van der Waals surface area contributed by atoms with Gasteiger partial charge in [-0.1, -0.05) is 17.7 Å². The number of rotatable bonds is 4. The van der Waals surface area contributed by atoms with E-state index in [9.17, 15) is 9.18 Å². The second-order valence-electron chi connectivity index (χ2n) is 5.95. The quantitative estimate of drug-likeness (QED) is 0.858. The molecule has 0 aliphatic carbocycles. The van der Waals surface area contributed by atoms with Crippen molar-refractivity contribution < 1.29 is 9.18 Å². The highest BCUT2D eigenvalue weighted by Crippen LogP contribution is 2.15. The van der Waals surface area contributed by atoms with Crippen molar-refractivity contribution in [1.82, 2.24) is 9.80 Å². The normalized spacial score (nSPS) is 15.8. The number of hydrogen-bond donors (Lipinski definition) is 0. The number of halogens is 1. The third-order valence-corrected chi connectivity index (χ3v) is 5.20. The molecule has 0 N–H and O–H groups in total. The van der Waals surface area contributed by atoms with Crippen molar-refractivity contribution in [2.45, 2.75) is 13.3 Å². The van der Waals surface area contributed by atoms with E-state index in [0.717, 1.165) is 31.6 Å². The number of thiophene rings is 1. The average Bonchev–Trinajstić information content (AvgIpc) is 3.08. The molecule has 0 atom stereocenters. The van der Waals surface area contributed by atoms with Gasteiger partial charge in [-0.15, -0.1) is 11.3 Å². The van der Waals surface area contributed by atoms with Gasteiger partial charge in [-0.25, -0.2) is 4.39 Å². The maximum Gasteiger partial charge on any atom is 0.256 e. The summed E-state index contributed by atoms with van der Waals surface area (Å²) in [4.78, 5) is 18.0. The fraction of sp³-hybridized carbons (Fsp3) is 0.389. The second kappa shape index (κ2) is 7.23. The highest BCUT2D eigenvalue weighted by atomic mass is 32.1. The topological polar surface area (TPSA) is 23.6 Å². The van der Waals surface area contributed by atoms with Crippen LogP contribution in [0.25, 0.3) is 0 Å². The van der Waals surface area contributed by atoms with Crippen LogP contribution < -0.4 is 0 Å². The largest absolute Gasteiger partial charge is 0.336 e. The zero-order valence-corrected chi connectivity index (χ0v) is 14.1. The van der Waals surface area contributed by atoms with Gasteiger partial charge in [-0.3, -0.25) is 9.69 Å². The van der Waals surface area contributed by atoms with E-state index in [1.54, 1.807) is 28.4 Å². The Morgan fingerprint density at radius 1 is 1.22 bits per heavy atom. The van der Waals surface area contributed by atoms with Crippen LogP contribution in [-0.4, -0.2) is 48.4 Å². The molecule has 0 saturated carbocycles. The van der Waals surface area contributed by atoms with Crippen molar-refractivity contribution in [1.29, 1.82) is 0 Å². The first-order valence-corrected chi connectivity index (χ1v) is 8.81. The zero-order valence-electron chi connectivity index (χ0n) is 13.3. The lowest BCUT2D eigenvalue weighted by molar-refractivity contribution is 0.0634. The van der Waals surface area contributed by atoms with Crippen LogP contribution in [0.3, 0.4) is 0 Å². The Kier molecular flexibility index (Phi) is 5.08. The van der Waals surface area contributed by atoms with Gasteiger partial charge in [0.05, 0.1) is 5.56 Å². The number of carbonyl (C=O) groups is 1. The summed E-state index contributed by atoms with van der Waals surface area (Å²) in [6.45, 7) is 5.92. The molecule has 1 fully saturated rings. The summed E-state index contributed by atoms with van der Waals surface area (Å²) in [5.41, 5.74) is 1.10. The highest BCUT2D eigenvalue weighted by molar-refractivity contribution is 7.09. The van der Waals surface area contributed by atoms with Crippen molar-refractivity contribution in [2.24, 2.45) is 0 Å². The van der Waals surface area contributed by atoms with E-state index in [1.165, 1.54) is 10.9 Å². The molecule has 0 radical (unpaired) electrons. The van der Waals surface area contributed by atoms with E-state index in [1.807, 2.05) is 6.92 Å². The molecule has 2 aromatic rings. The van der Waals surface area contributed by atoms with E-state index in [2.05, 4.69) is 22.4 Å². The maximum absolute atomic E-state index is 13.9. The third kappa shape index (κ3) is 3.98. The van der Waals surface area contributed by atoms with Crippen molar-refractivity contribution in [2.75, 3.05) is 32.7 Å². The smallest absolute Gasteiger partial charge is 0.256 e. The molecule has 1 aliphatic heterocycles.